The minimum Gasteiger partial charge on any atom is -0.466 e. The summed E-state index contributed by atoms with van der Waals surface area (Å²) in [6, 6.07) is 0. The number of methoxy groups -OCH3 is 2. The lowest BCUT2D eigenvalue weighted by Gasteiger charge is -2.15. The van der Waals surface area contributed by atoms with E-state index in [0.29, 0.717) is 0 Å². The molecule has 0 saturated carbocycles. The van der Waals surface area contributed by atoms with Crippen molar-refractivity contribution in [1.82, 2.24) is 10.2 Å². The molecule has 5 nitrogen and oxygen atoms in total. The molecule has 88 valence electrons. The Bertz CT molecular complexity index is 195. The predicted molar refractivity (Wildman–Crippen MR) is 58.5 cm³/mol. The first-order valence-electron chi connectivity index (χ1n) is 4.86. The van der Waals surface area contributed by atoms with Crippen molar-refractivity contribution in [1.29, 1.82) is 0 Å². The van der Waals surface area contributed by atoms with Crippen LogP contribution in [0, 0.1) is 0 Å². The third-order valence-corrected chi connectivity index (χ3v) is 1.85. The molecule has 0 saturated heterocycles. The molecule has 0 aliphatic carbocycles. The number of carbonyl (C=O) groups excluding carboxylic acids is 1. The van der Waals surface area contributed by atoms with Crippen molar-refractivity contribution in [3.63, 3.8) is 0 Å². The van der Waals surface area contributed by atoms with Crippen molar-refractivity contribution in [3.05, 3.63) is 12.3 Å². The van der Waals surface area contributed by atoms with Gasteiger partial charge in [0.05, 0.1) is 13.7 Å². The molecule has 0 aromatic rings. The van der Waals surface area contributed by atoms with E-state index >= 15 is 0 Å². The van der Waals surface area contributed by atoms with Gasteiger partial charge in [-0.25, -0.2) is 4.79 Å². The number of nitrogens with one attached hydrogen (secondary N) is 1. The molecule has 0 heterocycles. The topological polar surface area (TPSA) is 50.8 Å². The Morgan fingerprint density at radius 3 is 2.73 bits per heavy atom. The number of nitrogens with zero attached hydrogens (tertiary/aromatic N) is 1. The summed E-state index contributed by atoms with van der Waals surface area (Å²) >= 11 is 0. The van der Waals surface area contributed by atoms with Crippen LogP contribution >= 0.6 is 0 Å². The maximum atomic E-state index is 10.7. The van der Waals surface area contributed by atoms with Crippen LogP contribution in [0.5, 0.6) is 0 Å². The third-order valence-electron chi connectivity index (χ3n) is 1.85. The van der Waals surface area contributed by atoms with Crippen molar-refractivity contribution in [3.8, 4) is 0 Å². The van der Waals surface area contributed by atoms with Gasteiger partial charge < -0.3 is 19.7 Å². The fraction of sp³-hybridized carbons (Fsp3) is 0.700. The first kappa shape index (κ1) is 13.9. The lowest BCUT2D eigenvalue weighted by Crippen LogP contribution is -2.29. The summed E-state index contributed by atoms with van der Waals surface area (Å²) in [6.07, 6.45) is 2.95. The molecule has 0 aromatic heterocycles. The zero-order chi connectivity index (χ0) is 11.5. The summed E-state index contributed by atoms with van der Waals surface area (Å²) in [5.74, 6) is -0.352. The van der Waals surface area contributed by atoms with Gasteiger partial charge in [0.25, 0.3) is 0 Å². The predicted octanol–water partition coefficient (Wildman–Crippen LogP) is -0.159. The van der Waals surface area contributed by atoms with Crippen molar-refractivity contribution in [2.45, 2.75) is 0 Å². The summed E-state index contributed by atoms with van der Waals surface area (Å²) in [4.78, 5) is 12.8. The second-order valence-corrected chi connectivity index (χ2v) is 3.11. The summed E-state index contributed by atoms with van der Waals surface area (Å²) in [5.41, 5.74) is 0. The molecule has 0 rings (SSSR count). The molecule has 1 N–H and O–H groups in total. The Kier molecular flexibility index (Phi) is 8.81. The Balaban J connectivity index is 3.37. The Morgan fingerprint density at radius 1 is 1.40 bits per heavy atom. The normalized spacial score (nSPS) is 10.9. The summed E-state index contributed by atoms with van der Waals surface area (Å²) < 4.78 is 9.39. The van der Waals surface area contributed by atoms with E-state index in [1.165, 1.54) is 13.2 Å². The SMILES string of the molecule is COCCN(C)CCN/C=C/C(=O)OC. The van der Waals surface area contributed by atoms with Crippen molar-refractivity contribution in [2.24, 2.45) is 0 Å². The maximum Gasteiger partial charge on any atom is 0.331 e. The Labute approximate surface area is 91.0 Å². The number of carbonyl (C=O) groups is 1. The number of ether oxygens (including phenoxy) is 2. The Hall–Kier alpha value is -1.07. The monoisotopic (exact) mass is 216 g/mol. The van der Waals surface area contributed by atoms with Crippen LogP contribution in [-0.4, -0.2) is 58.4 Å². The molecule has 0 radical (unpaired) electrons. The molecular weight excluding hydrogens is 196 g/mol. The zero-order valence-electron chi connectivity index (χ0n) is 9.66. The van der Waals surface area contributed by atoms with Gasteiger partial charge in [-0.1, -0.05) is 0 Å². The van der Waals surface area contributed by atoms with Gasteiger partial charge >= 0.3 is 5.97 Å². The van der Waals surface area contributed by atoms with Crippen molar-refractivity contribution >= 4 is 5.97 Å². The Morgan fingerprint density at radius 2 is 2.13 bits per heavy atom. The second kappa shape index (κ2) is 9.48. The smallest absolute Gasteiger partial charge is 0.331 e. The van der Waals surface area contributed by atoms with Gasteiger partial charge in [0.1, 0.15) is 0 Å². The van der Waals surface area contributed by atoms with E-state index in [2.05, 4.69) is 15.0 Å². The highest BCUT2D eigenvalue weighted by molar-refractivity contribution is 5.81. The van der Waals surface area contributed by atoms with Crippen LogP contribution in [0.25, 0.3) is 0 Å². The maximum absolute atomic E-state index is 10.7. The molecule has 0 amide bonds. The molecule has 0 atom stereocenters. The fourth-order valence-electron chi connectivity index (χ4n) is 0.893. The molecule has 15 heavy (non-hydrogen) atoms. The van der Waals surface area contributed by atoms with E-state index in [0.717, 1.165) is 26.2 Å². The van der Waals surface area contributed by atoms with Gasteiger partial charge in [0.15, 0.2) is 0 Å². The molecule has 0 aromatic carbocycles. The molecule has 0 bridgehead atoms. The number of esters is 1. The third kappa shape index (κ3) is 9.24. The zero-order valence-corrected chi connectivity index (χ0v) is 9.66. The van der Waals surface area contributed by atoms with E-state index in [-0.39, 0.29) is 5.97 Å². The summed E-state index contributed by atoms with van der Waals surface area (Å²) in [6.45, 7) is 3.32. The highest BCUT2D eigenvalue weighted by Gasteiger charge is 1.95. The van der Waals surface area contributed by atoms with Crippen molar-refractivity contribution in [2.75, 3.05) is 47.5 Å². The highest BCUT2D eigenvalue weighted by atomic mass is 16.5. The standard InChI is InChI=1S/C10H20N2O3/c1-12(8-9-14-2)7-6-11-5-4-10(13)15-3/h4-5,11H,6-9H2,1-3H3/b5-4+. The van der Waals surface area contributed by atoms with Crippen LogP contribution in [0.15, 0.2) is 12.3 Å². The quantitative estimate of drug-likeness (QED) is 0.347. The molecule has 0 aliphatic rings. The molecular formula is C10H20N2O3. The largest absolute Gasteiger partial charge is 0.466 e. The summed E-state index contributed by atoms with van der Waals surface area (Å²) in [5, 5.41) is 2.99. The van der Waals surface area contributed by atoms with Crippen LogP contribution in [-0.2, 0) is 14.3 Å². The molecule has 0 spiro atoms. The van der Waals surface area contributed by atoms with Gasteiger partial charge in [0, 0.05) is 39.0 Å². The molecule has 0 unspecified atom stereocenters. The van der Waals surface area contributed by atoms with E-state index in [4.69, 9.17) is 4.74 Å². The minimum absolute atomic E-state index is 0.352. The average Bonchev–Trinajstić information content (AvgIpc) is 2.25. The van der Waals surface area contributed by atoms with Crippen LogP contribution in [0.1, 0.15) is 0 Å². The number of hydrogen-bond donors (Lipinski definition) is 1. The first-order chi connectivity index (χ1) is 7.20. The number of likely N-dealkylation sites (N-methyl/N-ethyl adjacent to an activating group) is 1. The van der Waals surface area contributed by atoms with Gasteiger partial charge in [0.2, 0.25) is 0 Å². The van der Waals surface area contributed by atoms with Crippen molar-refractivity contribution < 1.29 is 14.3 Å². The van der Waals surface area contributed by atoms with Crippen LogP contribution in [0.2, 0.25) is 0 Å². The van der Waals surface area contributed by atoms with E-state index in [1.54, 1.807) is 13.3 Å². The van der Waals surface area contributed by atoms with E-state index < -0.39 is 0 Å². The minimum atomic E-state index is -0.352. The van der Waals surface area contributed by atoms with E-state index in [9.17, 15) is 4.79 Å². The summed E-state index contributed by atoms with van der Waals surface area (Å²) in [7, 11) is 5.06. The van der Waals surface area contributed by atoms with Gasteiger partial charge in [-0.3, -0.25) is 0 Å². The number of rotatable bonds is 8. The average molecular weight is 216 g/mol. The van der Waals surface area contributed by atoms with Gasteiger partial charge in [-0.15, -0.1) is 0 Å². The first-order valence-corrected chi connectivity index (χ1v) is 4.86. The van der Waals surface area contributed by atoms with Gasteiger partial charge in [-0.2, -0.15) is 0 Å². The van der Waals surface area contributed by atoms with Gasteiger partial charge in [-0.05, 0) is 7.05 Å². The fourth-order valence-corrected chi connectivity index (χ4v) is 0.893. The van der Waals surface area contributed by atoms with Crippen LogP contribution in [0.3, 0.4) is 0 Å². The van der Waals surface area contributed by atoms with Crippen LogP contribution < -0.4 is 5.32 Å². The second-order valence-electron chi connectivity index (χ2n) is 3.11. The lowest BCUT2D eigenvalue weighted by atomic mass is 10.5. The number of hydrogen-bond acceptors (Lipinski definition) is 5. The molecule has 0 fully saturated rings. The molecule has 5 heteroatoms. The van der Waals surface area contributed by atoms with Crippen LogP contribution in [0.4, 0.5) is 0 Å². The lowest BCUT2D eigenvalue weighted by molar-refractivity contribution is -0.134. The van der Waals surface area contributed by atoms with E-state index in [1.807, 2.05) is 7.05 Å². The molecule has 0 aliphatic heterocycles. The highest BCUT2D eigenvalue weighted by Crippen LogP contribution is 1.81.